The molecule has 0 N–H and O–H groups in total. The highest BCUT2D eigenvalue weighted by Gasteiger charge is 2.29. The molecule has 26 heavy (non-hydrogen) atoms. The Morgan fingerprint density at radius 1 is 1.35 bits per heavy atom. The zero-order valence-electron chi connectivity index (χ0n) is 15.5. The second kappa shape index (κ2) is 11.5. The van der Waals surface area contributed by atoms with Gasteiger partial charge in [-0.15, -0.1) is 0 Å². The van der Waals surface area contributed by atoms with E-state index in [9.17, 15) is 9.59 Å². The standard InChI is InChI=1S/C18H27N2O5.HI/c1-4-19-9-7-6-8-16(19)11-20(14(3)21)18(22)25-13-15-10-17(23-5-2)24-12-15;/h6-9,15,17H,4-5,10-13H2,1-3H3;1H/q+1;/p-1. The Labute approximate surface area is 171 Å². The Bertz CT molecular complexity index is 599. The van der Waals surface area contributed by atoms with Crippen molar-refractivity contribution in [2.75, 3.05) is 19.8 Å². The summed E-state index contributed by atoms with van der Waals surface area (Å²) >= 11 is 0. The van der Waals surface area contributed by atoms with Gasteiger partial charge in [0.2, 0.25) is 11.6 Å². The number of amides is 2. The number of aromatic nitrogens is 1. The van der Waals surface area contributed by atoms with Gasteiger partial charge in [0.25, 0.3) is 0 Å². The van der Waals surface area contributed by atoms with Crippen molar-refractivity contribution in [1.82, 2.24) is 4.90 Å². The molecule has 1 saturated heterocycles. The lowest BCUT2D eigenvalue weighted by Crippen LogP contribution is -3.00. The van der Waals surface area contributed by atoms with Crippen molar-refractivity contribution in [2.45, 2.75) is 46.6 Å². The van der Waals surface area contributed by atoms with E-state index in [0.717, 1.165) is 17.1 Å². The molecule has 2 amide bonds. The fourth-order valence-corrected chi connectivity index (χ4v) is 2.77. The monoisotopic (exact) mass is 478 g/mol. The number of hydrogen-bond donors (Lipinski definition) is 0. The number of aryl methyl sites for hydroxylation is 1. The minimum absolute atomic E-state index is 0. The normalized spacial score (nSPS) is 18.9. The Morgan fingerprint density at radius 2 is 2.12 bits per heavy atom. The topological polar surface area (TPSA) is 69.0 Å². The third kappa shape index (κ3) is 6.48. The molecule has 0 saturated carbocycles. The molecule has 0 radical (unpaired) electrons. The highest BCUT2D eigenvalue weighted by atomic mass is 127. The lowest BCUT2D eigenvalue weighted by atomic mass is 10.1. The van der Waals surface area contributed by atoms with Crippen LogP contribution in [0.5, 0.6) is 0 Å². The van der Waals surface area contributed by atoms with E-state index in [1.165, 1.54) is 6.92 Å². The molecule has 0 bridgehead atoms. The van der Waals surface area contributed by atoms with E-state index in [1.54, 1.807) is 0 Å². The Kier molecular flexibility index (Phi) is 10.0. The smallest absolute Gasteiger partial charge is 0.417 e. The highest BCUT2D eigenvalue weighted by molar-refractivity contribution is 5.90. The van der Waals surface area contributed by atoms with Crippen LogP contribution in [0, 0.1) is 5.92 Å². The van der Waals surface area contributed by atoms with Crippen LogP contribution in [0.25, 0.3) is 0 Å². The van der Waals surface area contributed by atoms with Gasteiger partial charge < -0.3 is 38.2 Å². The molecule has 1 aliphatic heterocycles. The molecule has 0 aromatic carbocycles. The number of pyridine rings is 1. The van der Waals surface area contributed by atoms with Crippen LogP contribution in [0.4, 0.5) is 4.79 Å². The average Bonchev–Trinajstić information content (AvgIpc) is 3.05. The van der Waals surface area contributed by atoms with Crippen LogP contribution >= 0.6 is 0 Å². The van der Waals surface area contributed by atoms with E-state index >= 15 is 0 Å². The highest BCUT2D eigenvalue weighted by Crippen LogP contribution is 2.21. The van der Waals surface area contributed by atoms with E-state index in [4.69, 9.17) is 14.2 Å². The summed E-state index contributed by atoms with van der Waals surface area (Å²) in [4.78, 5) is 25.4. The fourth-order valence-electron chi connectivity index (χ4n) is 2.77. The number of carbonyl (C=O) groups is 2. The predicted molar refractivity (Wildman–Crippen MR) is 89.4 cm³/mol. The van der Waals surface area contributed by atoms with Crippen molar-refractivity contribution < 1.29 is 52.3 Å². The Balaban J connectivity index is 0.00000338. The zero-order valence-corrected chi connectivity index (χ0v) is 17.7. The molecule has 2 rings (SSSR count). The second-order valence-corrected chi connectivity index (χ2v) is 5.98. The largest absolute Gasteiger partial charge is 1.00 e. The number of halogens is 1. The summed E-state index contributed by atoms with van der Waals surface area (Å²) in [5.74, 6) is -0.252. The van der Waals surface area contributed by atoms with Crippen molar-refractivity contribution in [1.29, 1.82) is 0 Å². The van der Waals surface area contributed by atoms with Crippen molar-refractivity contribution >= 4 is 12.0 Å². The van der Waals surface area contributed by atoms with Crippen LogP contribution in [0.15, 0.2) is 24.4 Å². The molecule has 1 aliphatic rings. The van der Waals surface area contributed by atoms with Crippen molar-refractivity contribution in [2.24, 2.45) is 5.92 Å². The lowest BCUT2D eigenvalue weighted by molar-refractivity contribution is -0.701. The molecule has 0 aliphatic carbocycles. The van der Waals surface area contributed by atoms with Gasteiger partial charge in [0, 0.05) is 38.0 Å². The lowest BCUT2D eigenvalue weighted by Gasteiger charge is -2.19. The molecular formula is C18H27IN2O5. The molecule has 1 aromatic rings. The van der Waals surface area contributed by atoms with Crippen LogP contribution in [-0.2, 0) is 32.1 Å². The first kappa shape index (κ1) is 22.8. The van der Waals surface area contributed by atoms with Gasteiger partial charge in [0.15, 0.2) is 12.5 Å². The first-order chi connectivity index (χ1) is 12.0. The van der Waals surface area contributed by atoms with Gasteiger partial charge in [-0.2, -0.15) is 0 Å². The van der Waals surface area contributed by atoms with Crippen LogP contribution in [0.2, 0.25) is 0 Å². The molecule has 8 heteroatoms. The maximum atomic E-state index is 12.4. The van der Waals surface area contributed by atoms with E-state index in [1.807, 2.05) is 42.8 Å². The molecule has 2 unspecified atom stereocenters. The van der Waals surface area contributed by atoms with Crippen LogP contribution in [0.1, 0.15) is 32.9 Å². The first-order valence-corrected chi connectivity index (χ1v) is 8.70. The van der Waals surface area contributed by atoms with Gasteiger partial charge in [-0.25, -0.2) is 14.3 Å². The Hall–Kier alpha value is -1.26. The molecule has 1 fully saturated rings. The number of ether oxygens (including phenoxy) is 3. The quantitative estimate of drug-likeness (QED) is 0.367. The summed E-state index contributed by atoms with van der Waals surface area (Å²) in [6, 6.07) is 5.69. The van der Waals surface area contributed by atoms with Gasteiger partial charge in [-0.1, -0.05) is 6.07 Å². The number of rotatable bonds is 7. The zero-order chi connectivity index (χ0) is 18.2. The molecule has 2 atom stereocenters. The predicted octanol–water partition coefficient (Wildman–Crippen LogP) is -1.12. The van der Waals surface area contributed by atoms with Crippen molar-refractivity contribution in [3.8, 4) is 0 Å². The molecular weight excluding hydrogens is 451 g/mol. The van der Waals surface area contributed by atoms with Crippen LogP contribution < -0.4 is 28.5 Å². The molecule has 2 heterocycles. The number of hydrogen-bond acceptors (Lipinski definition) is 5. The summed E-state index contributed by atoms with van der Waals surface area (Å²) in [5, 5.41) is 0. The van der Waals surface area contributed by atoms with Gasteiger partial charge >= 0.3 is 6.09 Å². The summed E-state index contributed by atoms with van der Waals surface area (Å²) < 4.78 is 18.2. The van der Waals surface area contributed by atoms with E-state index < -0.39 is 6.09 Å². The van der Waals surface area contributed by atoms with Crippen molar-refractivity contribution in [3.05, 3.63) is 30.1 Å². The summed E-state index contributed by atoms with van der Waals surface area (Å²) in [6.07, 6.45) is 1.75. The van der Waals surface area contributed by atoms with Gasteiger partial charge in [-0.3, -0.25) is 4.79 Å². The van der Waals surface area contributed by atoms with Gasteiger partial charge in [0.05, 0.1) is 13.2 Å². The van der Waals surface area contributed by atoms with E-state index in [0.29, 0.717) is 19.6 Å². The maximum absolute atomic E-state index is 12.4. The number of imide groups is 1. The maximum Gasteiger partial charge on any atom is 0.417 e. The minimum atomic E-state index is -0.626. The third-order valence-electron chi connectivity index (χ3n) is 4.13. The first-order valence-electron chi connectivity index (χ1n) is 8.70. The molecule has 0 spiro atoms. The second-order valence-electron chi connectivity index (χ2n) is 5.98. The third-order valence-corrected chi connectivity index (χ3v) is 4.13. The fraction of sp³-hybridized carbons (Fsp3) is 0.611. The van der Waals surface area contributed by atoms with Crippen LogP contribution in [0.3, 0.4) is 0 Å². The minimum Gasteiger partial charge on any atom is -1.00 e. The number of nitrogens with zero attached hydrogens (tertiary/aromatic N) is 2. The summed E-state index contributed by atoms with van der Waals surface area (Å²) in [6.45, 7) is 7.53. The summed E-state index contributed by atoms with van der Waals surface area (Å²) in [7, 11) is 0. The van der Waals surface area contributed by atoms with Crippen LogP contribution in [-0.4, -0.2) is 43.0 Å². The summed E-state index contributed by atoms with van der Waals surface area (Å²) in [5.41, 5.74) is 0.873. The Morgan fingerprint density at radius 3 is 2.77 bits per heavy atom. The van der Waals surface area contributed by atoms with E-state index in [-0.39, 0.29) is 55.2 Å². The van der Waals surface area contributed by atoms with Gasteiger partial charge in [0.1, 0.15) is 13.1 Å². The van der Waals surface area contributed by atoms with E-state index in [2.05, 4.69) is 0 Å². The number of carbonyl (C=O) groups excluding carboxylic acids is 2. The van der Waals surface area contributed by atoms with Crippen molar-refractivity contribution in [3.63, 3.8) is 0 Å². The molecule has 7 nitrogen and oxygen atoms in total. The van der Waals surface area contributed by atoms with Gasteiger partial charge in [-0.05, 0) is 13.8 Å². The SMILES string of the molecule is CCOC1CC(COC(=O)N(Cc2cccc[n+]2CC)C(C)=O)CO1.[I-]. The molecule has 1 aromatic heterocycles. The molecule has 146 valence electrons. The average molecular weight is 478 g/mol.